The summed E-state index contributed by atoms with van der Waals surface area (Å²) in [4.78, 5) is 19.3. The molecule has 0 saturated heterocycles. The lowest BCUT2D eigenvalue weighted by molar-refractivity contribution is 0.0993. The molecule has 2 heterocycles. The Labute approximate surface area is 179 Å². The van der Waals surface area contributed by atoms with Crippen molar-refractivity contribution in [3.05, 3.63) is 71.0 Å². The van der Waals surface area contributed by atoms with Crippen LogP contribution in [0.4, 0.5) is 11.4 Å². The van der Waals surface area contributed by atoms with Gasteiger partial charge in [-0.3, -0.25) is 14.7 Å². The average Bonchev–Trinajstić information content (AvgIpc) is 3.06. The van der Waals surface area contributed by atoms with Crippen molar-refractivity contribution >= 4 is 28.9 Å². The molecule has 0 fully saturated rings. The van der Waals surface area contributed by atoms with Crippen LogP contribution in [-0.2, 0) is 0 Å². The van der Waals surface area contributed by atoms with Crippen LogP contribution in [0.25, 0.3) is 0 Å². The van der Waals surface area contributed by atoms with Crippen molar-refractivity contribution in [1.82, 2.24) is 4.98 Å². The molecular formula is C22H20ClN3O4. The SMILES string of the molecule is COc1cccc(N2C(=O)c3cccnc3[C@H]2Nc2cc(Cl)c(OC)cc2OC)c1. The number of pyridine rings is 1. The number of anilines is 2. The summed E-state index contributed by atoms with van der Waals surface area (Å²) in [7, 11) is 4.68. The molecule has 1 atom stereocenters. The monoisotopic (exact) mass is 425 g/mol. The first-order chi connectivity index (χ1) is 14.6. The standard InChI is InChI=1S/C22H20ClN3O4/c1-28-14-7-4-6-13(10-14)26-21(20-15(22(26)27)8-5-9-24-20)25-17-11-16(23)18(29-2)12-19(17)30-3/h4-12,21,25H,1-3H3/t21-/m0/s1. The number of methoxy groups -OCH3 is 3. The molecule has 3 aromatic rings. The van der Waals surface area contributed by atoms with Crippen LogP contribution in [0.3, 0.4) is 0 Å². The van der Waals surface area contributed by atoms with E-state index < -0.39 is 6.17 Å². The molecule has 0 aliphatic carbocycles. The topological polar surface area (TPSA) is 72.9 Å². The normalized spacial score (nSPS) is 15.0. The number of benzene rings is 2. The summed E-state index contributed by atoms with van der Waals surface area (Å²) >= 11 is 6.33. The Morgan fingerprint density at radius 3 is 2.53 bits per heavy atom. The molecule has 0 bridgehead atoms. The zero-order valence-electron chi connectivity index (χ0n) is 16.7. The van der Waals surface area contributed by atoms with Gasteiger partial charge in [0, 0.05) is 18.3 Å². The minimum absolute atomic E-state index is 0.164. The fraction of sp³-hybridized carbons (Fsp3) is 0.182. The smallest absolute Gasteiger partial charge is 0.262 e. The van der Waals surface area contributed by atoms with E-state index in [2.05, 4.69) is 10.3 Å². The van der Waals surface area contributed by atoms with E-state index in [9.17, 15) is 4.79 Å². The number of aromatic nitrogens is 1. The van der Waals surface area contributed by atoms with E-state index in [1.807, 2.05) is 18.2 Å². The van der Waals surface area contributed by atoms with Gasteiger partial charge in [-0.2, -0.15) is 0 Å². The Balaban J connectivity index is 1.81. The maximum absolute atomic E-state index is 13.2. The van der Waals surface area contributed by atoms with Crippen LogP contribution < -0.4 is 24.4 Å². The van der Waals surface area contributed by atoms with Crippen LogP contribution >= 0.6 is 11.6 Å². The number of amides is 1. The second kappa shape index (κ2) is 8.12. The maximum atomic E-state index is 13.2. The summed E-state index contributed by atoms with van der Waals surface area (Å²) in [5.74, 6) is 1.50. The predicted molar refractivity (Wildman–Crippen MR) is 115 cm³/mol. The summed E-state index contributed by atoms with van der Waals surface area (Å²) in [5, 5.41) is 3.78. The van der Waals surface area contributed by atoms with E-state index in [-0.39, 0.29) is 5.91 Å². The molecule has 8 heteroatoms. The quantitative estimate of drug-likeness (QED) is 0.625. The Hall–Kier alpha value is -3.45. The third-order valence-electron chi connectivity index (χ3n) is 4.90. The summed E-state index contributed by atoms with van der Waals surface area (Å²) in [6.45, 7) is 0. The molecule has 1 N–H and O–H groups in total. The lowest BCUT2D eigenvalue weighted by Gasteiger charge is -2.27. The van der Waals surface area contributed by atoms with Crippen molar-refractivity contribution in [2.45, 2.75) is 6.17 Å². The third kappa shape index (κ3) is 3.37. The maximum Gasteiger partial charge on any atom is 0.262 e. The van der Waals surface area contributed by atoms with Gasteiger partial charge in [-0.05, 0) is 30.3 Å². The predicted octanol–water partition coefficient (Wildman–Crippen LogP) is 4.53. The molecule has 154 valence electrons. The van der Waals surface area contributed by atoms with Crippen molar-refractivity contribution in [3.63, 3.8) is 0 Å². The van der Waals surface area contributed by atoms with Gasteiger partial charge in [-0.15, -0.1) is 0 Å². The molecule has 7 nitrogen and oxygen atoms in total. The molecule has 0 radical (unpaired) electrons. The number of hydrogen-bond donors (Lipinski definition) is 1. The molecule has 0 spiro atoms. The Morgan fingerprint density at radius 1 is 1.00 bits per heavy atom. The summed E-state index contributed by atoms with van der Waals surface area (Å²) in [6, 6.07) is 14.2. The van der Waals surface area contributed by atoms with Crippen LogP contribution in [0.2, 0.25) is 5.02 Å². The molecule has 30 heavy (non-hydrogen) atoms. The molecule has 1 aliphatic heterocycles. The second-order valence-corrected chi connectivity index (χ2v) is 6.95. The summed E-state index contributed by atoms with van der Waals surface area (Å²) in [6.07, 6.45) is 1.09. The van der Waals surface area contributed by atoms with Gasteiger partial charge in [0.2, 0.25) is 0 Å². The number of fused-ring (bicyclic) bond motifs is 1. The summed E-state index contributed by atoms with van der Waals surface area (Å²) < 4.78 is 16.1. The van der Waals surface area contributed by atoms with Crippen LogP contribution in [0.15, 0.2) is 54.7 Å². The Bertz CT molecular complexity index is 1110. The van der Waals surface area contributed by atoms with Crippen molar-refractivity contribution in [3.8, 4) is 17.2 Å². The van der Waals surface area contributed by atoms with E-state index in [4.69, 9.17) is 25.8 Å². The van der Waals surface area contributed by atoms with Gasteiger partial charge in [0.05, 0.1) is 49.0 Å². The third-order valence-corrected chi connectivity index (χ3v) is 5.20. The zero-order valence-corrected chi connectivity index (χ0v) is 17.4. The van der Waals surface area contributed by atoms with Gasteiger partial charge in [0.15, 0.2) is 6.17 Å². The Kier molecular flexibility index (Phi) is 5.37. The number of hydrogen-bond acceptors (Lipinski definition) is 6. The van der Waals surface area contributed by atoms with Crippen LogP contribution in [-0.4, -0.2) is 32.2 Å². The number of halogens is 1. The number of nitrogens with one attached hydrogen (secondary N) is 1. The van der Waals surface area contributed by atoms with E-state index in [0.717, 1.165) is 0 Å². The molecule has 2 aromatic carbocycles. The zero-order chi connectivity index (χ0) is 21.3. The highest BCUT2D eigenvalue weighted by molar-refractivity contribution is 6.32. The van der Waals surface area contributed by atoms with E-state index in [0.29, 0.717) is 44.9 Å². The van der Waals surface area contributed by atoms with Gasteiger partial charge in [0.25, 0.3) is 5.91 Å². The minimum Gasteiger partial charge on any atom is -0.497 e. The second-order valence-electron chi connectivity index (χ2n) is 6.55. The van der Waals surface area contributed by atoms with E-state index in [1.165, 1.54) is 7.11 Å². The summed E-state index contributed by atoms with van der Waals surface area (Å²) in [5.41, 5.74) is 2.41. The lowest BCUT2D eigenvalue weighted by atomic mass is 10.2. The number of carbonyl (C=O) groups excluding carboxylic acids is 1. The number of ether oxygens (including phenoxy) is 3. The van der Waals surface area contributed by atoms with Crippen LogP contribution in [0.5, 0.6) is 17.2 Å². The van der Waals surface area contributed by atoms with Gasteiger partial charge in [-0.1, -0.05) is 17.7 Å². The molecule has 0 unspecified atom stereocenters. The molecular weight excluding hydrogens is 406 g/mol. The van der Waals surface area contributed by atoms with Crippen LogP contribution in [0.1, 0.15) is 22.2 Å². The van der Waals surface area contributed by atoms with Crippen molar-refractivity contribution in [1.29, 1.82) is 0 Å². The lowest BCUT2D eigenvalue weighted by Crippen LogP contribution is -2.32. The largest absolute Gasteiger partial charge is 0.497 e. The molecule has 4 rings (SSSR count). The Morgan fingerprint density at radius 2 is 1.80 bits per heavy atom. The first-order valence-electron chi connectivity index (χ1n) is 9.18. The van der Waals surface area contributed by atoms with Gasteiger partial charge in [0.1, 0.15) is 17.2 Å². The van der Waals surface area contributed by atoms with Gasteiger partial charge < -0.3 is 19.5 Å². The van der Waals surface area contributed by atoms with Crippen molar-refractivity contribution < 1.29 is 19.0 Å². The first-order valence-corrected chi connectivity index (χ1v) is 9.55. The highest BCUT2D eigenvalue weighted by Gasteiger charge is 2.39. The fourth-order valence-corrected chi connectivity index (χ4v) is 3.71. The highest BCUT2D eigenvalue weighted by Crippen LogP contribution is 2.42. The average molecular weight is 426 g/mol. The van der Waals surface area contributed by atoms with Crippen LogP contribution in [0, 0.1) is 0 Å². The van der Waals surface area contributed by atoms with Crippen molar-refractivity contribution in [2.24, 2.45) is 0 Å². The van der Waals surface area contributed by atoms with E-state index >= 15 is 0 Å². The highest BCUT2D eigenvalue weighted by atomic mass is 35.5. The van der Waals surface area contributed by atoms with Gasteiger partial charge in [-0.25, -0.2) is 0 Å². The molecule has 1 aromatic heterocycles. The van der Waals surface area contributed by atoms with Gasteiger partial charge >= 0.3 is 0 Å². The fourth-order valence-electron chi connectivity index (χ4n) is 3.47. The molecule has 0 saturated carbocycles. The molecule has 1 amide bonds. The molecule has 1 aliphatic rings. The number of nitrogens with zero attached hydrogens (tertiary/aromatic N) is 2. The van der Waals surface area contributed by atoms with E-state index in [1.54, 1.807) is 55.6 Å². The first kappa shape index (κ1) is 19.8. The number of rotatable bonds is 6. The van der Waals surface area contributed by atoms with Crippen molar-refractivity contribution in [2.75, 3.05) is 31.5 Å². The number of carbonyl (C=O) groups is 1. The minimum atomic E-state index is -0.570.